The van der Waals surface area contributed by atoms with Crippen molar-refractivity contribution in [2.24, 2.45) is 5.92 Å². The van der Waals surface area contributed by atoms with E-state index in [0.29, 0.717) is 12.2 Å². The Morgan fingerprint density at radius 1 is 1.11 bits per heavy atom. The van der Waals surface area contributed by atoms with Gasteiger partial charge in [-0.15, -0.1) is 0 Å². The van der Waals surface area contributed by atoms with Crippen LogP contribution < -0.4 is 0 Å². The molecule has 1 fully saturated rings. The van der Waals surface area contributed by atoms with Crippen LogP contribution in [0.2, 0.25) is 0 Å². The number of ketones is 1. The van der Waals surface area contributed by atoms with Gasteiger partial charge in [-0.3, -0.25) is 9.69 Å². The zero-order chi connectivity index (χ0) is 13.7. The molecule has 0 atom stereocenters. The van der Waals surface area contributed by atoms with Crippen molar-refractivity contribution >= 4 is 5.78 Å². The molecule has 1 aliphatic heterocycles. The van der Waals surface area contributed by atoms with Crippen molar-refractivity contribution in [1.82, 2.24) is 4.90 Å². The van der Waals surface area contributed by atoms with E-state index >= 15 is 0 Å². The SMILES string of the molecule is CC(C)C(=O)Cc1ccccc1CN1CCCCC1. The van der Waals surface area contributed by atoms with Gasteiger partial charge in [-0.25, -0.2) is 0 Å². The van der Waals surface area contributed by atoms with Crippen LogP contribution in [0.15, 0.2) is 24.3 Å². The second-order valence-electron chi connectivity index (χ2n) is 5.90. The Balaban J connectivity index is 2.05. The zero-order valence-electron chi connectivity index (χ0n) is 12.2. The number of hydrogen-bond donors (Lipinski definition) is 0. The van der Waals surface area contributed by atoms with Gasteiger partial charge in [0.1, 0.15) is 5.78 Å². The quantitative estimate of drug-likeness (QED) is 0.807. The van der Waals surface area contributed by atoms with Crippen molar-refractivity contribution in [3.8, 4) is 0 Å². The van der Waals surface area contributed by atoms with Gasteiger partial charge in [0.25, 0.3) is 0 Å². The van der Waals surface area contributed by atoms with Crippen LogP contribution in [0.25, 0.3) is 0 Å². The van der Waals surface area contributed by atoms with E-state index in [2.05, 4.69) is 23.1 Å². The Morgan fingerprint density at radius 2 is 1.74 bits per heavy atom. The van der Waals surface area contributed by atoms with Crippen LogP contribution in [0, 0.1) is 5.92 Å². The summed E-state index contributed by atoms with van der Waals surface area (Å²) < 4.78 is 0. The summed E-state index contributed by atoms with van der Waals surface area (Å²) in [4.78, 5) is 14.5. The van der Waals surface area contributed by atoms with Crippen molar-refractivity contribution < 1.29 is 4.79 Å². The molecule has 0 saturated carbocycles. The van der Waals surface area contributed by atoms with E-state index in [1.54, 1.807) is 0 Å². The third-order valence-corrected chi connectivity index (χ3v) is 3.97. The Bertz CT molecular complexity index is 419. The standard InChI is InChI=1S/C17H25NO/c1-14(2)17(19)12-15-8-4-5-9-16(15)13-18-10-6-3-7-11-18/h4-5,8-9,14H,3,6-7,10-13H2,1-2H3. The van der Waals surface area contributed by atoms with Crippen LogP contribution in [-0.4, -0.2) is 23.8 Å². The number of hydrogen-bond acceptors (Lipinski definition) is 2. The maximum atomic E-state index is 11.9. The van der Waals surface area contributed by atoms with Crippen LogP contribution >= 0.6 is 0 Å². The highest BCUT2D eigenvalue weighted by Gasteiger charge is 2.14. The minimum Gasteiger partial charge on any atom is -0.299 e. The van der Waals surface area contributed by atoms with E-state index in [0.717, 1.165) is 6.54 Å². The van der Waals surface area contributed by atoms with E-state index in [4.69, 9.17) is 0 Å². The summed E-state index contributed by atoms with van der Waals surface area (Å²) in [7, 11) is 0. The van der Waals surface area contributed by atoms with E-state index < -0.39 is 0 Å². The summed E-state index contributed by atoms with van der Waals surface area (Å²) in [6.07, 6.45) is 4.58. The lowest BCUT2D eigenvalue weighted by atomic mass is 9.96. The molecule has 104 valence electrons. The fourth-order valence-corrected chi connectivity index (χ4v) is 2.63. The summed E-state index contributed by atoms with van der Waals surface area (Å²) in [6, 6.07) is 8.42. The normalized spacial score (nSPS) is 16.8. The Kier molecular flexibility index (Phi) is 5.15. The van der Waals surface area contributed by atoms with Crippen molar-refractivity contribution in [2.45, 2.75) is 46.1 Å². The molecule has 1 aromatic carbocycles. The second kappa shape index (κ2) is 6.85. The molecular weight excluding hydrogens is 234 g/mol. The second-order valence-corrected chi connectivity index (χ2v) is 5.90. The summed E-state index contributed by atoms with van der Waals surface area (Å²) in [6.45, 7) is 7.37. The van der Waals surface area contributed by atoms with E-state index in [1.807, 2.05) is 19.9 Å². The molecular formula is C17H25NO. The van der Waals surface area contributed by atoms with Gasteiger partial charge in [-0.05, 0) is 37.1 Å². The molecule has 2 rings (SSSR count). The number of piperidine rings is 1. The summed E-state index contributed by atoms with van der Waals surface area (Å²) in [5.41, 5.74) is 2.55. The van der Waals surface area contributed by atoms with E-state index in [-0.39, 0.29) is 5.92 Å². The minimum atomic E-state index is 0.128. The lowest BCUT2D eigenvalue weighted by Crippen LogP contribution is -2.29. The number of carbonyl (C=O) groups excluding carboxylic acids is 1. The molecule has 0 bridgehead atoms. The fraction of sp³-hybridized carbons (Fsp3) is 0.588. The molecule has 0 aliphatic carbocycles. The van der Waals surface area contributed by atoms with Gasteiger partial charge >= 0.3 is 0 Å². The Morgan fingerprint density at radius 3 is 2.37 bits per heavy atom. The van der Waals surface area contributed by atoms with Gasteiger partial charge in [-0.2, -0.15) is 0 Å². The van der Waals surface area contributed by atoms with E-state index in [9.17, 15) is 4.79 Å². The molecule has 0 unspecified atom stereocenters. The molecule has 19 heavy (non-hydrogen) atoms. The average molecular weight is 259 g/mol. The molecule has 0 amide bonds. The van der Waals surface area contributed by atoms with Crippen molar-refractivity contribution in [2.75, 3.05) is 13.1 Å². The molecule has 1 heterocycles. The fourth-order valence-electron chi connectivity index (χ4n) is 2.63. The smallest absolute Gasteiger partial charge is 0.139 e. The Hall–Kier alpha value is -1.15. The van der Waals surface area contributed by atoms with Gasteiger partial charge in [0.2, 0.25) is 0 Å². The van der Waals surface area contributed by atoms with Crippen molar-refractivity contribution in [1.29, 1.82) is 0 Å². The molecule has 0 N–H and O–H groups in total. The summed E-state index contributed by atoms with van der Waals surface area (Å²) in [5, 5.41) is 0. The first kappa shape index (κ1) is 14.3. The van der Waals surface area contributed by atoms with Crippen LogP contribution in [0.5, 0.6) is 0 Å². The summed E-state index contributed by atoms with van der Waals surface area (Å²) in [5.74, 6) is 0.467. The van der Waals surface area contributed by atoms with Crippen LogP contribution in [0.4, 0.5) is 0 Å². The van der Waals surface area contributed by atoms with Gasteiger partial charge < -0.3 is 0 Å². The maximum absolute atomic E-state index is 11.9. The minimum absolute atomic E-state index is 0.128. The van der Waals surface area contributed by atoms with Crippen molar-refractivity contribution in [3.63, 3.8) is 0 Å². The average Bonchev–Trinajstić information content (AvgIpc) is 2.42. The predicted molar refractivity (Wildman–Crippen MR) is 79.1 cm³/mol. The number of carbonyl (C=O) groups is 1. The first-order valence-corrected chi connectivity index (χ1v) is 7.48. The Labute approximate surface area is 116 Å². The first-order valence-electron chi connectivity index (χ1n) is 7.48. The van der Waals surface area contributed by atoms with E-state index in [1.165, 1.54) is 43.5 Å². The highest BCUT2D eigenvalue weighted by Crippen LogP contribution is 2.17. The zero-order valence-corrected chi connectivity index (χ0v) is 12.2. The lowest BCUT2D eigenvalue weighted by Gasteiger charge is -2.27. The van der Waals surface area contributed by atoms with Crippen LogP contribution in [-0.2, 0) is 17.8 Å². The van der Waals surface area contributed by atoms with Gasteiger partial charge in [-0.1, -0.05) is 44.5 Å². The predicted octanol–water partition coefficient (Wildman–Crippen LogP) is 3.44. The number of likely N-dealkylation sites (tertiary alicyclic amines) is 1. The molecule has 2 heteroatoms. The number of nitrogens with zero attached hydrogens (tertiary/aromatic N) is 1. The molecule has 0 spiro atoms. The topological polar surface area (TPSA) is 20.3 Å². The van der Waals surface area contributed by atoms with Gasteiger partial charge in [0.05, 0.1) is 0 Å². The van der Waals surface area contributed by atoms with Crippen LogP contribution in [0.3, 0.4) is 0 Å². The third kappa shape index (κ3) is 4.17. The molecule has 0 aromatic heterocycles. The summed E-state index contributed by atoms with van der Waals surface area (Å²) >= 11 is 0. The number of benzene rings is 1. The number of rotatable bonds is 5. The van der Waals surface area contributed by atoms with Crippen molar-refractivity contribution in [3.05, 3.63) is 35.4 Å². The highest BCUT2D eigenvalue weighted by molar-refractivity contribution is 5.82. The molecule has 2 nitrogen and oxygen atoms in total. The largest absolute Gasteiger partial charge is 0.299 e. The monoisotopic (exact) mass is 259 g/mol. The molecule has 0 radical (unpaired) electrons. The number of Topliss-reactive ketones (excluding diaryl/α,β-unsaturated/α-hetero) is 1. The molecule has 1 aliphatic rings. The maximum Gasteiger partial charge on any atom is 0.139 e. The van der Waals surface area contributed by atoms with Crippen LogP contribution in [0.1, 0.15) is 44.2 Å². The highest BCUT2D eigenvalue weighted by atomic mass is 16.1. The lowest BCUT2D eigenvalue weighted by molar-refractivity contribution is -0.121. The molecule has 1 aromatic rings. The molecule has 1 saturated heterocycles. The third-order valence-electron chi connectivity index (χ3n) is 3.97. The van der Waals surface area contributed by atoms with Gasteiger partial charge in [0, 0.05) is 18.9 Å². The van der Waals surface area contributed by atoms with Gasteiger partial charge in [0.15, 0.2) is 0 Å². The first-order chi connectivity index (χ1) is 9.16.